The normalized spacial score (nSPS) is 25.5. The van der Waals surface area contributed by atoms with Crippen LogP contribution in [-0.4, -0.2) is 31.0 Å². The van der Waals surface area contributed by atoms with Gasteiger partial charge < -0.3 is 15.6 Å². The summed E-state index contributed by atoms with van der Waals surface area (Å²) in [6.07, 6.45) is 0.865. The number of ether oxygens (including phenoxy) is 1. The number of aliphatic hydroxyl groups excluding tert-OH is 1. The summed E-state index contributed by atoms with van der Waals surface area (Å²) >= 11 is 0. The van der Waals surface area contributed by atoms with Crippen molar-refractivity contribution in [3.8, 4) is 0 Å². The maximum atomic E-state index is 8.65. The van der Waals surface area contributed by atoms with Gasteiger partial charge in [0.2, 0.25) is 0 Å². The lowest BCUT2D eigenvalue weighted by Gasteiger charge is -2.39. The van der Waals surface area contributed by atoms with E-state index < -0.39 is 0 Å². The lowest BCUT2D eigenvalue weighted by molar-refractivity contribution is -0.110. The van der Waals surface area contributed by atoms with E-state index in [1.165, 1.54) is 0 Å². The van der Waals surface area contributed by atoms with Gasteiger partial charge in [0.1, 0.15) is 0 Å². The number of rotatable bonds is 3. The van der Waals surface area contributed by atoms with Gasteiger partial charge in [-0.1, -0.05) is 6.92 Å². The van der Waals surface area contributed by atoms with E-state index in [2.05, 4.69) is 6.92 Å². The molecule has 3 N–H and O–H groups in total. The van der Waals surface area contributed by atoms with Crippen molar-refractivity contribution in [2.75, 3.05) is 19.8 Å². The van der Waals surface area contributed by atoms with E-state index in [0.29, 0.717) is 0 Å². The van der Waals surface area contributed by atoms with Crippen molar-refractivity contribution in [2.24, 2.45) is 11.1 Å². The molecule has 10 heavy (non-hydrogen) atoms. The number of hydrogen-bond acceptors (Lipinski definition) is 3. The quantitative estimate of drug-likeness (QED) is 0.575. The van der Waals surface area contributed by atoms with E-state index in [1.807, 2.05) is 0 Å². The van der Waals surface area contributed by atoms with E-state index in [9.17, 15) is 0 Å². The molecule has 1 fully saturated rings. The first-order valence-electron chi connectivity index (χ1n) is 3.60. The molecule has 3 nitrogen and oxygen atoms in total. The van der Waals surface area contributed by atoms with Crippen molar-refractivity contribution < 1.29 is 9.84 Å². The summed E-state index contributed by atoms with van der Waals surface area (Å²) in [5.41, 5.74) is 5.80. The molecule has 1 atom stereocenters. The highest BCUT2D eigenvalue weighted by Crippen LogP contribution is 2.31. The lowest BCUT2D eigenvalue weighted by Crippen LogP contribution is -2.45. The van der Waals surface area contributed by atoms with Gasteiger partial charge >= 0.3 is 0 Å². The third kappa shape index (κ3) is 1.68. The first kappa shape index (κ1) is 7.98. The fraction of sp³-hybridized carbons (Fsp3) is 1.00. The van der Waals surface area contributed by atoms with Gasteiger partial charge in [-0.05, 0) is 6.42 Å². The summed E-state index contributed by atoms with van der Waals surface area (Å²) in [4.78, 5) is 0. The van der Waals surface area contributed by atoms with Crippen LogP contribution in [0.4, 0.5) is 0 Å². The van der Waals surface area contributed by atoms with Crippen molar-refractivity contribution in [3.05, 3.63) is 0 Å². The average Bonchev–Trinajstić information content (AvgIpc) is 1.84. The average molecular weight is 145 g/mol. The van der Waals surface area contributed by atoms with Crippen LogP contribution in [-0.2, 0) is 4.74 Å². The van der Waals surface area contributed by atoms with E-state index >= 15 is 0 Å². The zero-order valence-electron chi connectivity index (χ0n) is 6.34. The van der Waals surface area contributed by atoms with Gasteiger partial charge in [0, 0.05) is 11.5 Å². The highest BCUT2D eigenvalue weighted by atomic mass is 16.5. The molecule has 1 heterocycles. The number of nitrogens with two attached hydrogens (primary N) is 1. The Labute approximate surface area is 61.2 Å². The molecule has 0 aromatic heterocycles. The number of aliphatic hydroxyl groups is 1. The Morgan fingerprint density at radius 1 is 1.70 bits per heavy atom. The molecule has 0 saturated carbocycles. The van der Waals surface area contributed by atoms with Crippen molar-refractivity contribution in [3.63, 3.8) is 0 Å². The maximum Gasteiger partial charge on any atom is 0.0582 e. The second kappa shape index (κ2) is 2.86. The summed E-state index contributed by atoms with van der Waals surface area (Å²) in [5, 5.41) is 8.65. The molecule has 1 saturated heterocycles. The van der Waals surface area contributed by atoms with Gasteiger partial charge in [-0.25, -0.2) is 0 Å². The largest absolute Gasteiger partial charge is 0.395 e. The maximum absolute atomic E-state index is 8.65. The van der Waals surface area contributed by atoms with Gasteiger partial charge in [0.15, 0.2) is 0 Å². The van der Waals surface area contributed by atoms with Crippen LogP contribution in [0.5, 0.6) is 0 Å². The topological polar surface area (TPSA) is 55.5 Å². The third-order valence-electron chi connectivity index (χ3n) is 1.89. The van der Waals surface area contributed by atoms with E-state index in [-0.39, 0.29) is 18.1 Å². The molecule has 0 radical (unpaired) electrons. The Morgan fingerprint density at radius 2 is 2.30 bits per heavy atom. The van der Waals surface area contributed by atoms with Crippen LogP contribution < -0.4 is 5.73 Å². The van der Waals surface area contributed by atoms with Crippen LogP contribution in [0.15, 0.2) is 0 Å². The summed E-state index contributed by atoms with van der Waals surface area (Å²) in [6.45, 7) is 3.79. The lowest BCUT2D eigenvalue weighted by atomic mass is 9.82. The SMILES string of the molecule is CC1(CC(N)CO)COC1. The minimum absolute atomic E-state index is 0.0751. The van der Waals surface area contributed by atoms with Gasteiger partial charge in [0.05, 0.1) is 19.8 Å². The molecule has 3 heteroatoms. The Kier molecular flexibility index (Phi) is 2.28. The molecular weight excluding hydrogens is 130 g/mol. The van der Waals surface area contributed by atoms with E-state index in [0.717, 1.165) is 19.6 Å². The molecule has 0 bridgehead atoms. The van der Waals surface area contributed by atoms with E-state index in [1.54, 1.807) is 0 Å². The van der Waals surface area contributed by atoms with Crippen molar-refractivity contribution in [1.29, 1.82) is 0 Å². The molecule has 60 valence electrons. The van der Waals surface area contributed by atoms with Crippen LogP contribution in [0.2, 0.25) is 0 Å². The molecule has 0 aromatic rings. The van der Waals surface area contributed by atoms with Crippen LogP contribution in [0.1, 0.15) is 13.3 Å². The monoisotopic (exact) mass is 145 g/mol. The summed E-state index contributed by atoms with van der Waals surface area (Å²) < 4.78 is 5.05. The summed E-state index contributed by atoms with van der Waals surface area (Å²) in [5.74, 6) is 0. The van der Waals surface area contributed by atoms with Gasteiger partial charge in [-0.15, -0.1) is 0 Å². The molecular formula is C7H15NO2. The second-order valence-corrected chi connectivity index (χ2v) is 3.45. The summed E-state index contributed by atoms with van der Waals surface area (Å²) in [6, 6.07) is -0.0751. The standard InChI is InChI=1S/C7H15NO2/c1-7(4-10-5-7)2-6(8)3-9/h6,9H,2-5,8H2,1H3. The number of hydrogen-bond donors (Lipinski definition) is 2. The highest BCUT2D eigenvalue weighted by Gasteiger charge is 2.34. The second-order valence-electron chi connectivity index (χ2n) is 3.45. The molecule has 0 aromatic carbocycles. The van der Waals surface area contributed by atoms with Crippen LogP contribution >= 0.6 is 0 Å². The highest BCUT2D eigenvalue weighted by molar-refractivity contribution is 4.84. The first-order chi connectivity index (χ1) is 4.66. The Bertz CT molecular complexity index is 112. The Balaban J connectivity index is 2.22. The van der Waals surface area contributed by atoms with Crippen LogP contribution in [0.25, 0.3) is 0 Å². The minimum atomic E-state index is -0.0751. The zero-order chi connectivity index (χ0) is 7.61. The fourth-order valence-electron chi connectivity index (χ4n) is 1.27. The van der Waals surface area contributed by atoms with E-state index in [4.69, 9.17) is 15.6 Å². The first-order valence-corrected chi connectivity index (χ1v) is 3.60. The molecule has 1 unspecified atom stereocenters. The third-order valence-corrected chi connectivity index (χ3v) is 1.89. The smallest absolute Gasteiger partial charge is 0.0582 e. The fourth-order valence-corrected chi connectivity index (χ4v) is 1.27. The molecule has 0 amide bonds. The van der Waals surface area contributed by atoms with Crippen molar-refractivity contribution in [2.45, 2.75) is 19.4 Å². The minimum Gasteiger partial charge on any atom is -0.395 e. The molecule has 0 spiro atoms. The predicted octanol–water partition coefficient (Wildman–Crippen LogP) is -0.267. The Morgan fingerprint density at radius 3 is 2.60 bits per heavy atom. The summed E-state index contributed by atoms with van der Waals surface area (Å²) in [7, 11) is 0. The molecule has 0 aliphatic carbocycles. The molecule has 1 rings (SSSR count). The van der Waals surface area contributed by atoms with Crippen molar-refractivity contribution >= 4 is 0 Å². The van der Waals surface area contributed by atoms with Gasteiger partial charge in [-0.3, -0.25) is 0 Å². The van der Waals surface area contributed by atoms with Crippen LogP contribution in [0.3, 0.4) is 0 Å². The zero-order valence-corrected chi connectivity index (χ0v) is 6.34. The van der Waals surface area contributed by atoms with Gasteiger partial charge in [-0.2, -0.15) is 0 Å². The van der Waals surface area contributed by atoms with Crippen LogP contribution in [0, 0.1) is 5.41 Å². The van der Waals surface area contributed by atoms with Gasteiger partial charge in [0.25, 0.3) is 0 Å². The van der Waals surface area contributed by atoms with Crippen molar-refractivity contribution in [1.82, 2.24) is 0 Å². The Hall–Kier alpha value is -0.120. The molecule has 1 aliphatic heterocycles. The molecule has 1 aliphatic rings. The predicted molar refractivity (Wildman–Crippen MR) is 38.6 cm³/mol.